The highest BCUT2D eigenvalue weighted by Gasteiger charge is 2.09. The maximum absolute atomic E-state index is 12.2. The predicted octanol–water partition coefficient (Wildman–Crippen LogP) is 4.88. The Kier molecular flexibility index (Phi) is 8.79. The summed E-state index contributed by atoms with van der Waals surface area (Å²) in [6.45, 7) is 6.31. The van der Waals surface area contributed by atoms with Gasteiger partial charge in [0.05, 0.1) is 18.8 Å². The third-order valence-electron chi connectivity index (χ3n) is 4.01. The van der Waals surface area contributed by atoms with Gasteiger partial charge < -0.3 is 14.2 Å². The van der Waals surface area contributed by atoms with Crippen molar-refractivity contribution in [1.29, 1.82) is 0 Å². The molecule has 0 aliphatic rings. The number of esters is 2. The zero-order valence-electron chi connectivity index (χ0n) is 16.2. The van der Waals surface area contributed by atoms with Crippen LogP contribution >= 0.6 is 0 Å². The van der Waals surface area contributed by atoms with Gasteiger partial charge in [0.15, 0.2) is 0 Å². The van der Waals surface area contributed by atoms with E-state index in [0.717, 1.165) is 31.2 Å². The fourth-order valence-corrected chi connectivity index (χ4v) is 2.51. The van der Waals surface area contributed by atoms with Crippen molar-refractivity contribution in [3.8, 4) is 11.5 Å². The minimum absolute atomic E-state index is 0.380. The minimum Gasteiger partial charge on any atom is -0.494 e. The molecule has 0 amide bonds. The van der Waals surface area contributed by atoms with E-state index < -0.39 is 5.97 Å². The first-order chi connectivity index (χ1) is 13.6. The molecule has 0 heterocycles. The van der Waals surface area contributed by atoms with Gasteiger partial charge in [0.1, 0.15) is 11.5 Å². The molecule has 0 fully saturated rings. The third kappa shape index (κ3) is 7.66. The van der Waals surface area contributed by atoms with Gasteiger partial charge >= 0.3 is 11.9 Å². The molecule has 0 unspecified atom stereocenters. The first-order valence-electron chi connectivity index (χ1n) is 9.39. The van der Waals surface area contributed by atoms with Gasteiger partial charge in [-0.3, -0.25) is 0 Å². The minimum atomic E-state index is -0.394. The molecular weight excluding hydrogens is 356 g/mol. The third-order valence-corrected chi connectivity index (χ3v) is 4.01. The Labute approximate surface area is 165 Å². The van der Waals surface area contributed by atoms with Crippen LogP contribution < -0.4 is 9.47 Å². The predicted molar refractivity (Wildman–Crippen MR) is 108 cm³/mol. The number of ether oxygens (including phenoxy) is 3. The van der Waals surface area contributed by atoms with Gasteiger partial charge in [-0.2, -0.15) is 0 Å². The van der Waals surface area contributed by atoms with E-state index in [9.17, 15) is 9.59 Å². The van der Waals surface area contributed by atoms with Crippen molar-refractivity contribution in [3.05, 3.63) is 72.3 Å². The van der Waals surface area contributed by atoms with Gasteiger partial charge in [-0.15, -0.1) is 0 Å². The average Bonchev–Trinajstić information content (AvgIpc) is 2.70. The lowest BCUT2D eigenvalue weighted by Crippen LogP contribution is -2.08. The van der Waals surface area contributed by atoms with Gasteiger partial charge in [-0.25, -0.2) is 9.59 Å². The first kappa shape index (κ1) is 21.2. The van der Waals surface area contributed by atoms with E-state index in [0.29, 0.717) is 30.3 Å². The molecule has 2 aromatic carbocycles. The normalized spacial score (nSPS) is 10.2. The van der Waals surface area contributed by atoms with E-state index in [4.69, 9.17) is 14.2 Å². The number of aryl methyl sites for hydroxylation is 1. The second-order valence-corrected chi connectivity index (χ2v) is 6.36. The fraction of sp³-hybridized carbons (Fsp3) is 0.304. The molecule has 0 spiro atoms. The van der Waals surface area contributed by atoms with Crippen molar-refractivity contribution in [2.75, 3.05) is 13.2 Å². The smallest absolute Gasteiger partial charge is 0.343 e. The van der Waals surface area contributed by atoms with Crippen molar-refractivity contribution in [1.82, 2.24) is 0 Å². The second-order valence-electron chi connectivity index (χ2n) is 6.36. The van der Waals surface area contributed by atoms with Gasteiger partial charge in [0.25, 0.3) is 0 Å². The number of hydrogen-bond acceptors (Lipinski definition) is 5. The number of rotatable bonds is 11. The molecular formula is C23H26O5. The number of hydrogen-bond donors (Lipinski definition) is 0. The number of carbonyl (C=O) groups excluding carboxylic acids is 2. The van der Waals surface area contributed by atoms with Crippen LogP contribution in [0.2, 0.25) is 0 Å². The number of carbonyl (C=O) groups is 2. The average molecular weight is 382 g/mol. The van der Waals surface area contributed by atoms with Crippen LogP contribution in [-0.4, -0.2) is 25.2 Å². The topological polar surface area (TPSA) is 61.8 Å². The van der Waals surface area contributed by atoms with Crippen LogP contribution in [0.3, 0.4) is 0 Å². The Balaban J connectivity index is 1.65. The van der Waals surface area contributed by atoms with E-state index in [-0.39, 0.29) is 5.97 Å². The van der Waals surface area contributed by atoms with Crippen LogP contribution in [0.1, 0.15) is 41.6 Å². The Bertz CT molecular complexity index is 780. The molecule has 28 heavy (non-hydrogen) atoms. The molecule has 0 radical (unpaired) electrons. The summed E-state index contributed by atoms with van der Waals surface area (Å²) in [6, 6.07) is 14.3. The summed E-state index contributed by atoms with van der Waals surface area (Å²) in [5, 5.41) is 0. The van der Waals surface area contributed by atoms with Crippen LogP contribution in [-0.2, 0) is 9.53 Å². The quantitative estimate of drug-likeness (QED) is 0.240. The highest BCUT2D eigenvalue weighted by molar-refractivity contribution is 5.91. The van der Waals surface area contributed by atoms with Gasteiger partial charge in [-0.1, -0.05) is 18.7 Å². The molecule has 5 heteroatoms. The van der Waals surface area contributed by atoms with Gasteiger partial charge in [-0.05, 0) is 74.6 Å². The molecule has 0 N–H and O–H groups in total. The Morgan fingerprint density at radius 2 is 1.64 bits per heavy atom. The SMILES string of the molecule is C=CC(=O)OCCCCCCOc1ccc(C(=O)Oc2cccc(C)c2)cc1. The molecule has 5 nitrogen and oxygen atoms in total. The molecule has 0 bridgehead atoms. The summed E-state index contributed by atoms with van der Waals surface area (Å²) in [5.74, 6) is 0.473. The number of unbranched alkanes of at least 4 members (excludes halogenated alkanes) is 3. The summed E-state index contributed by atoms with van der Waals surface area (Å²) < 4.78 is 16.0. The van der Waals surface area contributed by atoms with E-state index in [2.05, 4.69) is 6.58 Å². The van der Waals surface area contributed by atoms with Crippen LogP contribution in [0.5, 0.6) is 11.5 Å². The lowest BCUT2D eigenvalue weighted by atomic mass is 10.2. The molecule has 0 saturated carbocycles. The lowest BCUT2D eigenvalue weighted by Gasteiger charge is -2.08. The highest BCUT2D eigenvalue weighted by atomic mass is 16.5. The molecule has 0 atom stereocenters. The lowest BCUT2D eigenvalue weighted by molar-refractivity contribution is -0.137. The summed E-state index contributed by atoms with van der Waals surface area (Å²) in [4.78, 5) is 23.1. The fourth-order valence-electron chi connectivity index (χ4n) is 2.51. The van der Waals surface area contributed by atoms with Crippen molar-refractivity contribution < 1.29 is 23.8 Å². The molecule has 2 aromatic rings. The standard InChI is InChI=1S/C23H26O5/c1-3-22(24)27-16-7-5-4-6-15-26-20-13-11-19(12-14-20)23(25)28-21-10-8-9-18(2)17-21/h3,8-14,17H,1,4-7,15-16H2,2H3. The van der Waals surface area contributed by atoms with Crippen molar-refractivity contribution >= 4 is 11.9 Å². The van der Waals surface area contributed by atoms with E-state index >= 15 is 0 Å². The monoisotopic (exact) mass is 382 g/mol. The zero-order chi connectivity index (χ0) is 20.2. The van der Waals surface area contributed by atoms with Crippen molar-refractivity contribution in [2.45, 2.75) is 32.6 Å². The maximum atomic E-state index is 12.2. The van der Waals surface area contributed by atoms with Crippen LogP contribution in [0.25, 0.3) is 0 Å². The van der Waals surface area contributed by atoms with Crippen molar-refractivity contribution in [3.63, 3.8) is 0 Å². The first-order valence-corrected chi connectivity index (χ1v) is 9.39. The van der Waals surface area contributed by atoms with E-state index in [1.54, 1.807) is 30.3 Å². The van der Waals surface area contributed by atoms with Crippen LogP contribution in [0.4, 0.5) is 0 Å². The second kappa shape index (κ2) is 11.6. The number of benzene rings is 2. The largest absolute Gasteiger partial charge is 0.494 e. The summed E-state index contributed by atoms with van der Waals surface area (Å²) in [7, 11) is 0. The molecule has 0 aromatic heterocycles. The molecule has 2 rings (SSSR count). The van der Waals surface area contributed by atoms with Crippen LogP contribution in [0.15, 0.2) is 61.2 Å². The van der Waals surface area contributed by atoms with Gasteiger partial charge in [0, 0.05) is 6.08 Å². The Morgan fingerprint density at radius 3 is 2.32 bits per heavy atom. The van der Waals surface area contributed by atoms with E-state index in [1.807, 2.05) is 25.1 Å². The highest BCUT2D eigenvalue weighted by Crippen LogP contribution is 2.17. The summed E-state index contributed by atoms with van der Waals surface area (Å²) >= 11 is 0. The zero-order valence-corrected chi connectivity index (χ0v) is 16.2. The van der Waals surface area contributed by atoms with Gasteiger partial charge in [0.2, 0.25) is 0 Å². The Hall–Kier alpha value is -3.08. The molecule has 148 valence electrons. The maximum Gasteiger partial charge on any atom is 0.343 e. The van der Waals surface area contributed by atoms with Crippen molar-refractivity contribution in [2.24, 2.45) is 0 Å². The summed E-state index contributed by atoms with van der Waals surface area (Å²) in [6.07, 6.45) is 4.87. The molecule has 0 aliphatic heterocycles. The van der Waals surface area contributed by atoms with Crippen LogP contribution in [0, 0.1) is 6.92 Å². The molecule has 0 aliphatic carbocycles. The Morgan fingerprint density at radius 1 is 0.929 bits per heavy atom. The van der Waals surface area contributed by atoms with E-state index in [1.165, 1.54) is 6.08 Å². The molecule has 0 saturated heterocycles. The summed E-state index contributed by atoms with van der Waals surface area (Å²) in [5.41, 5.74) is 1.51.